The van der Waals surface area contributed by atoms with Crippen LogP contribution in [0.4, 0.5) is 5.00 Å². The summed E-state index contributed by atoms with van der Waals surface area (Å²) < 4.78 is 8.84. The molecule has 1 unspecified atom stereocenters. The largest absolute Gasteiger partial charge is 0.383 e. The lowest BCUT2D eigenvalue weighted by atomic mass is 10.3. The summed E-state index contributed by atoms with van der Waals surface area (Å²) in [6, 6.07) is 2.13. The van der Waals surface area contributed by atoms with Gasteiger partial charge in [-0.2, -0.15) is 9.64 Å². The quantitative estimate of drug-likeness (QED) is 0.863. The molecule has 0 aromatic carbocycles. The molecular weight excluding hydrogens is 222 g/mol. The second-order valence-corrected chi connectivity index (χ2v) is 3.92. The molecule has 0 spiro atoms. The van der Waals surface area contributed by atoms with Gasteiger partial charge in [-0.05, 0) is 18.5 Å². The van der Waals surface area contributed by atoms with Crippen molar-refractivity contribution < 1.29 is 4.74 Å². The van der Waals surface area contributed by atoms with Gasteiger partial charge < -0.3 is 10.1 Å². The molecule has 0 aliphatic heterocycles. The van der Waals surface area contributed by atoms with Crippen molar-refractivity contribution in [2.75, 3.05) is 19.0 Å². The van der Waals surface area contributed by atoms with Gasteiger partial charge in [0.25, 0.3) is 0 Å². The first-order valence-electron chi connectivity index (χ1n) is 3.99. The predicted molar refractivity (Wildman–Crippen MR) is 56.8 cm³/mol. The fourth-order valence-electron chi connectivity index (χ4n) is 0.982. The molecule has 4 nitrogen and oxygen atoms in total. The number of halogens is 1. The highest BCUT2D eigenvalue weighted by molar-refractivity contribution is 7.10. The van der Waals surface area contributed by atoms with Crippen molar-refractivity contribution in [2.45, 2.75) is 13.0 Å². The third-order valence-electron chi connectivity index (χ3n) is 1.56. The van der Waals surface area contributed by atoms with Crippen LogP contribution in [-0.4, -0.2) is 24.1 Å². The average molecular weight is 232 g/mol. The van der Waals surface area contributed by atoms with Crippen molar-refractivity contribution in [3.63, 3.8) is 0 Å². The Kier molecular flexibility index (Phi) is 4.14. The third kappa shape index (κ3) is 2.58. The number of hydrogen-bond donors (Lipinski definition) is 1. The predicted octanol–water partition coefficient (Wildman–Crippen LogP) is 2.11. The fraction of sp³-hybridized carbons (Fsp3) is 0.500. The molecule has 1 heterocycles. The zero-order valence-corrected chi connectivity index (χ0v) is 9.45. The number of nitriles is 1. The van der Waals surface area contributed by atoms with Gasteiger partial charge in [-0.15, -0.1) is 0 Å². The van der Waals surface area contributed by atoms with Crippen molar-refractivity contribution in [3.8, 4) is 6.07 Å². The summed E-state index contributed by atoms with van der Waals surface area (Å²) in [6.07, 6.45) is 0. The molecule has 1 rings (SSSR count). The van der Waals surface area contributed by atoms with E-state index in [4.69, 9.17) is 21.6 Å². The third-order valence-corrected chi connectivity index (χ3v) is 2.71. The Morgan fingerprint density at radius 1 is 1.79 bits per heavy atom. The highest BCUT2D eigenvalue weighted by atomic mass is 35.5. The molecule has 0 amide bonds. The van der Waals surface area contributed by atoms with Crippen molar-refractivity contribution in [1.29, 1.82) is 5.26 Å². The van der Waals surface area contributed by atoms with Gasteiger partial charge in [-0.3, -0.25) is 0 Å². The molecule has 1 atom stereocenters. The van der Waals surface area contributed by atoms with Crippen LogP contribution in [0.5, 0.6) is 0 Å². The molecule has 0 saturated heterocycles. The van der Waals surface area contributed by atoms with Crippen molar-refractivity contribution >= 4 is 28.1 Å². The second-order valence-electron chi connectivity index (χ2n) is 2.79. The lowest BCUT2D eigenvalue weighted by molar-refractivity contribution is 0.190. The van der Waals surface area contributed by atoms with Crippen LogP contribution in [0.2, 0.25) is 5.15 Å². The maximum absolute atomic E-state index is 8.79. The molecule has 14 heavy (non-hydrogen) atoms. The summed E-state index contributed by atoms with van der Waals surface area (Å²) in [5.41, 5.74) is 0.402. The number of nitrogens with zero attached hydrogens (tertiary/aromatic N) is 2. The zero-order chi connectivity index (χ0) is 10.6. The number of aromatic nitrogens is 1. The maximum atomic E-state index is 8.79. The second kappa shape index (κ2) is 5.15. The van der Waals surface area contributed by atoms with Gasteiger partial charge in [0, 0.05) is 13.2 Å². The highest BCUT2D eigenvalue weighted by Gasteiger charge is 2.13. The lowest BCUT2D eigenvalue weighted by Gasteiger charge is -2.11. The Balaban J connectivity index is 2.72. The summed E-state index contributed by atoms with van der Waals surface area (Å²) in [6.45, 7) is 2.53. The number of rotatable bonds is 4. The minimum atomic E-state index is 0.128. The summed E-state index contributed by atoms with van der Waals surface area (Å²) in [5.74, 6) is 0. The number of nitrogens with one attached hydrogen (secondary N) is 1. The van der Waals surface area contributed by atoms with Gasteiger partial charge in [-0.1, -0.05) is 11.6 Å². The summed E-state index contributed by atoms with van der Waals surface area (Å²) in [7, 11) is 1.63. The van der Waals surface area contributed by atoms with Gasteiger partial charge in [0.05, 0.1) is 6.61 Å². The van der Waals surface area contributed by atoms with Crippen LogP contribution < -0.4 is 5.32 Å². The van der Waals surface area contributed by atoms with Gasteiger partial charge in [-0.25, -0.2) is 0 Å². The van der Waals surface area contributed by atoms with E-state index in [-0.39, 0.29) is 11.2 Å². The van der Waals surface area contributed by atoms with E-state index in [0.717, 1.165) is 0 Å². The van der Waals surface area contributed by atoms with Gasteiger partial charge in [0.15, 0.2) is 5.15 Å². The van der Waals surface area contributed by atoms with E-state index in [2.05, 4.69) is 9.69 Å². The Labute approximate surface area is 91.6 Å². The van der Waals surface area contributed by atoms with E-state index < -0.39 is 0 Å². The van der Waals surface area contributed by atoms with Gasteiger partial charge >= 0.3 is 0 Å². The Morgan fingerprint density at radius 2 is 2.50 bits per heavy atom. The summed E-state index contributed by atoms with van der Waals surface area (Å²) in [5, 5.41) is 12.8. The standard InChI is InChI=1S/C8H10ClN3OS/c1-5(4-13-2)11-8-6(3-10)7(9)12-14-8/h5,11H,4H2,1-2H3. The fourth-order valence-corrected chi connectivity index (χ4v) is 2.03. The number of ether oxygens (including phenoxy) is 1. The van der Waals surface area contributed by atoms with Gasteiger partial charge in [0.2, 0.25) is 0 Å². The van der Waals surface area contributed by atoms with Crippen LogP contribution in [0, 0.1) is 11.3 Å². The molecule has 1 N–H and O–H groups in total. The number of methoxy groups -OCH3 is 1. The van der Waals surface area contributed by atoms with E-state index in [9.17, 15) is 0 Å². The molecule has 1 aromatic heterocycles. The molecule has 0 radical (unpaired) electrons. The Morgan fingerprint density at radius 3 is 3.07 bits per heavy atom. The molecule has 76 valence electrons. The van der Waals surface area contributed by atoms with E-state index in [0.29, 0.717) is 17.2 Å². The highest BCUT2D eigenvalue weighted by Crippen LogP contribution is 2.27. The van der Waals surface area contributed by atoms with Crippen LogP contribution in [0.15, 0.2) is 0 Å². The first-order chi connectivity index (χ1) is 6.69. The van der Waals surface area contributed by atoms with Crippen LogP contribution >= 0.6 is 23.1 Å². The van der Waals surface area contributed by atoms with Crippen LogP contribution in [-0.2, 0) is 4.74 Å². The van der Waals surface area contributed by atoms with E-state index in [1.165, 1.54) is 11.5 Å². The molecule has 0 saturated carbocycles. The molecule has 0 aliphatic carbocycles. The summed E-state index contributed by atoms with van der Waals surface area (Å²) >= 11 is 6.89. The smallest absolute Gasteiger partial charge is 0.162 e. The number of hydrogen-bond acceptors (Lipinski definition) is 5. The molecule has 1 aromatic rings. The zero-order valence-electron chi connectivity index (χ0n) is 7.87. The van der Waals surface area contributed by atoms with Crippen molar-refractivity contribution in [3.05, 3.63) is 10.7 Å². The van der Waals surface area contributed by atoms with Gasteiger partial charge in [0.1, 0.15) is 16.6 Å². The van der Waals surface area contributed by atoms with Crippen LogP contribution in [0.25, 0.3) is 0 Å². The molecule has 0 fully saturated rings. The Hall–Kier alpha value is -0.830. The molecule has 0 aliphatic rings. The topological polar surface area (TPSA) is 57.9 Å². The summed E-state index contributed by atoms with van der Waals surface area (Å²) in [4.78, 5) is 0. The van der Waals surface area contributed by atoms with Crippen LogP contribution in [0.1, 0.15) is 12.5 Å². The first-order valence-corrected chi connectivity index (χ1v) is 5.15. The van der Waals surface area contributed by atoms with E-state index >= 15 is 0 Å². The monoisotopic (exact) mass is 231 g/mol. The normalized spacial score (nSPS) is 12.1. The molecule has 0 bridgehead atoms. The van der Waals surface area contributed by atoms with Crippen molar-refractivity contribution in [2.24, 2.45) is 0 Å². The van der Waals surface area contributed by atoms with E-state index in [1.54, 1.807) is 7.11 Å². The lowest BCUT2D eigenvalue weighted by Crippen LogP contribution is -2.20. The average Bonchev–Trinajstić information content (AvgIpc) is 2.47. The minimum Gasteiger partial charge on any atom is -0.383 e. The van der Waals surface area contributed by atoms with E-state index in [1.807, 2.05) is 13.0 Å². The number of anilines is 1. The molecule has 6 heteroatoms. The Bertz CT molecular complexity index is 347. The first kappa shape index (κ1) is 11.2. The SMILES string of the molecule is COCC(C)Nc1snc(Cl)c1C#N. The van der Waals surface area contributed by atoms with Crippen LogP contribution in [0.3, 0.4) is 0 Å². The molecular formula is C8H10ClN3OS. The minimum absolute atomic E-state index is 0.128. The van der Waals surface area contributed by atoms with Crippen molar-refractivity contribution in [1.82, 2.24) is 4.37 Å². The maximum Gasteiger partial charge on any atom is 0.162 e.